The molecule has 0 bridgehead atoms. The van der Waals surface area contributed by atoms with Crippen molar-refractivity contribution in [1.29, 1.82) is 0 Å². The number of carbonyl (C=O) groups is 3. The van der Waals surface area contributed by atoms with E-state index in [4.69, 9.17) is 4.42 Å². The molecule has 3 fully saturated rings. The maximum Gasteiger partial charge on any atom is 0.325 e. The van der Waals surface area contributed by atoms with E-state index in [-0.39, 0.29) is 18.4 Å². The van der Waals surface area contributed by atoms with Gasteiger partial charge in [-0.3, -0.25) is 19.4 Å². The number of furan rings is 1. The first-order valence-electron chi connectivity index (χ1n) is 10.1. The summed E-state index contributed by atoms with van der Waals surface area (Å²) in [6.07, 6.45) is 4.83. The lowest BCUT2D eigenvalue weighted by molar-refractivity contribution is -0.140. The number of urea groups is 1. The lowest BCUT2D eigenvalue weighted by atomic mass is 9.77. The number of carbonyl (C=O) groups excluding carboxylic acids is 3. The predicted molar refractivity (Wildman–Crippen MR) is 101 cm³/mol. The average Bonchev–Trinajstić information content (AvgIpc) is 3.27. The third-order valence-electron chi connectivity index (χ3n) is 6.35. The van der Waals surface area contributed by atoms with Crippen LogP contribution >= 0.6 is 0 Å². The fraction of sp³-hybridized carbons (Fsp3) is 0.650. The second kappa shape index (κ2) is 7.58. The second-order valence-corrected chi connectivity index (χ2v) is 8.32. The molecule has 3 heterocycles. The Kier molecular flexibility index (Phi) is 5.14. The Morgan fingerprint density at radius 1 is 1.21 bits per heavy atom. The molecule has 152 valence electrons. The van der Waals surface area contributed by atoms with Crippen molar-refractivity contribution in [3.05, 3.63) is 24.2 Å². The first-order valence-corrected chi connectivity index (χ1v) is 10.1. The minimum atomic E-state index is -0.786. The van der Waals surface area contributed by atoms with Crippen LogP contribution in [-0.4, -0.2) is 70.8 Å². The van der Waals surface area contributed by atoms with Crippen LogP contribution < -0.4 is 5.32 Å². The summed E-state index contributed by atoms with van der Waals surface area (Å²) in [6.45, 7) is 5.39. The molecule has 1 aliphatic carbocycles. The van der Waals surface area contributed by atoms with Crippen molar-refractivity contribution >= 4 is 17.8 Å². The molecule has 0 radical (unpaired) electrons. The average molecular weight is 388 g/mol. The SMILES string of the molecule is CC1CCC2(CC1)NC(=O)N(CC(=O)N1CCN(Cc3ccco3)CC1)C2=O. The molecule has 1 aromatic rings. The van der Waals surface area contributed by atoms with Crippen LogP contribution in [0, 0.1) is 5.92 Å². The van der Waals surface area contributed by atoms with Crippen LogP contribution in [0.2, 0.25) is 0 Å². The largest absolute Gasteiger partial charge is 0.468 e. The highest BCUT2D eigenvalue weighted by Gasteiger charge is 2.52. The van der Waals surface area contributed by atoms with E-state index in [1.165, 1.54) is 0 Å². The molecule has 1 N–H and O–H groups in total. The highest BCUT2D eigenvalue weighted by molar-refractivity contribution is 6.09. The van der Waals surface area contributed by atoms with Crippen molar-refractivity contribution in [2.75, 3.05) is 32.7 Å². The Balaban J connectivity index is 1.30. The fourth-order valence-corrected chi connectivity index (χ4v) is 4.43. The van der Waals surface area contributed by atoms with Gasteiger partial charge in [-0.1, -0.05) is 6.92 Å². The number of nitrogens with zero attached hydrogens (tertiary/aromatic N) is 3. The molecule has 1 spiro atoms. The van der Waals surface area contributed by atoms with E-state index in [1.54, 1.807) is 11.2 Å². The van der Waals surface area contributed by atoms with Crippen LogP contribution in [0.4, 0.5) is 4.79 Å². The molecule has 8 heteroatoms. The maximum atomic E-state index is 12.9. The lowest BCUT2D eigenvalue weighted by Gasteiger charge is -2.35. The minimum absolute atomic E-state index is 0.164. The molecular weight excluding hydrogens is 360 g/mol. The predicted octanol–water partition coefficient (Wildman–Crippen LogP) is 1.42. The van der Waals surface area contributed by atoms with E-state index < -0.39 is 11.6 Å². The molecule has 1 aromatic heterocycles. The van der Waals surface area contributed by atoms with Crippen molar-refractivity contribution < 1.29 is 18.8 Å². The molecule has 2 aliphatic heterocycles. The molecule has 0 unspecified atom stereocenters. The Hall–Kier alpha value is -2.35. The summed E-state index contributed by atoms with van der Waals surface area (Å²) in [5.74, 6) is 1.09. The van der Waals surface area contributed by atoms with Gasteiger partial charge in [-0.15, -0.1) is 0 Å². The van der Waals surface area contributed by atoms with Crippen molar-refractivity contribution in [2.45, 2.75) is 44.7 Å². The van der Waals surface area contributed by atoms with E-state index in [0.717, 1.165) is 43.1 Å². The van der Waals surface area contributed by atoms with Gasteiger partial charge in [0.2, 0.25) is 5.91 Å². The Labute approximate surface area is 164 Å². The zero-order chi connectivity index (χ0) is 19.7. The fourth-order valence-electron chi connectivity index (χ4n) is 4.43. The third kappa shape index (κ3) is 3.65. The molecule has 8 nitrogen and oxygen atoms in total. The highest BCUT2D eigenvalue weighted by atomic mass is 16.3. The summed E-state index contributed by atoms with van der Waals surface area (Å²) in [7, 11) is 0. The zero-order valence-electron chi connectivity index (χ0n) is 16.4. The molecule has 1 saturated carbocycles. The number of rotatable bonds is 4. The summed E-state index contributed by atoms with van der Waals surface area (Å²) < 4.78 is 5.37. The van der Waals surface area contributed by atoms with Gasteiger partial charge in [0.25, 0.3) is 5.91 Å². The number of hydrogen-bond donors (Lipinski definition) is 1. The second-order valence-electron chi connectivity index (χ2n) is 8.32. The van der Waals surface area contributed by atoms with E-state index in [0.29, 0.717) is 31.8 Å². The van der Waals surface area contributed by atoms with E-state index in [1.807, 2.05) is 12.1 Å². The standard InChI is InChI=1S/C20H28N4O4/c1-15-4-6-20(7-5-15)18(26)24(19(27)21-20)14-17(25)23-10-8-22(9-11-23)13-16-3-2-12-28-16/h2-3,12,15H,4-11,13-14H2,1H3,(H,21,27). The number of amides is 4. The zero-order valence-corrected chi connectivity index (χ0v) is 16.4. The van der Waals surface area contributed by atoms with Crippen molar-refractivity contribution in [3.63, 3.8) is 0 Å². The molecule has 28 heavy (non-hydrogen) atoms. The lowest BCUT2D eigenvalue weighted by Crippen LogP contribution is -2.52. The Morgan fingerprint density at radius 3 is 2.57 bits per heavy atom. The molecule has 0 atom stereocenters. The monoisotopic (exact) mass is 388 g/mol. The van der Waals surface area contributed by atoms with Crippen molar-refractivity contribution in [1.82, 2.24) is 20.0 Å². The number of hydrogen-bond acceptors (Lipinski definition) is 5. The molecular formula is C20H28N4O4. The van der Waals surface area contributed by atoms with E-state index in [2.05, 4.69) is 17.1 Å². The van der Waals surface area contributed by atoms with Gasteiger partial charge in [0.15, 0.2) is 0 Å². The summed E-state index contributed by atoms with van der Waals surface area (Å²) in [5, 5.41) is 2.88. The molecule has 4 amide bonds. The summed E-state index contributed by atoms with van der Waals surface area (Å²) in [6, 6.07) is 3.38. The number of piperazine rings is 1. The molecule has 2 saturated heterocycles. The van der Waals surface area contributed by atoms with Crippen LogP contribution in [-0.2, 0) is 16.1 Å². The normalized spacial score (nSPS) is 28.8. The first kappa shape index (κ1) is 19.0. The van der Waals surface area contributed by atoms with Crippen LogP contribution in [0.25, 0.3) is 0 Å². The minimum Gasteiger partial charge on any atom is -0.468 e. The highest BCUT2D eigenvalue weighted by Crippen LogP contribution is 2.36. The smallest absolute Gasteiger partial charge is 0.325 e. The van der Waals surface area contributed by atoms with Gasteiger partial charge in [0.1, 0.15) is 17.8 Å². The van der Waals surface area contributed by atoms with Gasteiger partial charge in [-0.25, -0.2) is 4.79 Å². The molecule has 3 aliphatic rings. The van der Waals surface area contributed by atoms with Crippen LogP contribution in [0.1, 0.15) is 38.4 Å². The van der Waals surface area contributed by atoms with Gasteiger partial charge in [0.05, 0.1) is 12.8 Å². The number of nitrogens with one attached hydrogen (secondary N) is 1. The van der Waals surface area contributed by atoms with Gasteiger partial charge in [-0.2, -0.15) is 0 Å². The number of imide groups is 1. The van der Waals surface area contributed by atoms with Crippen molar-refractivity contribution in [2.24, 2.45) is 5.92 Å². The quantitative estimate of drug-likeness (QED) is 0.789. The summed E-state index contributed by atoms with van der Waals surface area (Å²) >= 11 is 0. The molecule has 0 aromatic carbocycles. The van der Waals surface area contributed by atoms with Gasteiger partial charge in [0, 0.05) is 26.2 Å². The van der Waals surface area contributed by atoms with Crippen molar-refractivity contribution in [3.8, 4) is 0 Å². The van der Waals surface area contributed by atoms with Gasteiger partial charge < -0.3 is 14.6 Å². The first-order chi connectivity index (χ1) is 13.5. The van der Waals surface area contributed by atoms with Crippen LogP contribution in [0.15, 0.2) is 22.8 Å². The van der Waals surface area contributed by atoms with Gasteiger partial charge in [-0.05, 0) is 43.7 Å². The summed E-state index contributed by atoms with van der Waals surface area (Å²) in [5.41, 5.74) is -0.786. The van der Waals surface area contributed by atoms with E-state index in [9.17, 15) is 14.4 Å². The Bertz CT molecular complexity index is 731. The maximum absolute atomic E-state index is 12.9. The van der Waals surface area contributed by atoms with Crippen LogP contribution in [0.5, 0.6) is 0 Å². The summed E-state index contributed by atoms with van der Waals surface area (Å²) in [4.78, 5) is 43.1. The van der Waals surface area contributed by atoms with Gasteiger partial charge >= 0.3 is 6.03 Å². The third-order valence-corrected chi connectivity index (χ3v) is 6.35. The van der Waals surface area contributed by atoms with E-state index >= 15 is 0 Å². The topological polar surface area (TPSA) is 86.1 Å². The Morgan fingerprint density at radius 2 is 1.93 bits per heavy atom. The molecule has 4 rings (SSSR count). The van der Waals surface area contributed by atoms with Crippen LogP contribution in [0.3, 0.4) is 0 Å².